The Kier molecular flexibility index (Phi) is 1.48. The van der Waals surface area contributed by atoms with E-state index >= 15 is 0 Å². The first-order chi connectivity index (χ1) is 5.47. The second kappa shape index (κ2) is 2.62. The molecule has 2 rings (SSSR count). The Morgan fingerprint density at radius 2 is 1.91 bits per heavy atom. The van der Waals surface area contributed by atoms with Gasteiger partial charge < -0.3 is 0 Å². The summed E-state index contributed by atoms with van der Waals surface area (Å²) in [6.07, 6.45) is 0. The predicted octanol–water partition coefficient (Wildman–Crippen LogP) is 1.86. The maximum atomic E-state index is 3.88. The molecular formula is C8H7N3. The quantitative estimate of drug-likeness (QED) is 0.578. The summed E-state index contributed by atoms with van der Waals surface area (Å²) in [5.74, 6) is 0. The van der Waals surface area contributed by atoms with Gasteiger partial charge in [0.1, 0.15) is 6.54 Å². The first kappa shape index (κ1) is 6.22. The third-order valence-corrected chi connectivity index (χ3v) is 1.56. The zero-order valence-corrected chi connectivity index (χ0v) is 5.94. The minimum absolute atomic E-state index is 0.615. The van der Waals surface area contributed by atoms with Gasteiger partial charge in [0.05, 0.1) is 5.71 Å². The molecule has 1 aromatic carbocycles. The summed E-state index contributed by atoms with van der Waals surface area (Å²) in [5.41, 5.74) is 2.06. The highest BCUT2D eigenvalue weighted by Gasteiger charge is 2.04. The van der Waals surface area contributed by atoms with Crippen molar-refractivity contribution < 1.29 is 0 Å². The Morgan fingerprint density at radius 1 is 1.09 bits per heavy atom. The second-order valence-electron chi connectivity index (χ2n) is 2.30. The van der Waals surface area contributed by atoms with Gasteiger partial charge in [-0.05, 0) is 10.8 Å². The van der Waals surface area contributed by atoms with Crippen LogP contribution in [0.4, 0.5) is 0 Å². The Bertz CT molecular complexity index is 300. The highest BCUT2D eigenvalue weighted by atomic mass is 15.4. The minimum Gasteiger partial charge on any atom is -0.162 e. The van der Waals surface area contributed by atoms with E-state index in [1.54, 1.807) is 0 Å². The first-order valence-corrected chi connectivity index (χ1v) is 3.45. The van der Waals surface area contributed by atoms with Gasteiger partial charge >= 0.3 is 0 Å². The molecule has 0 saturated heterocycles. The van der Waals surface area contributed by atoms with Crippen molar-refractivity contribution in [3.05, 3.63) is 35.9 Å². The van der Waals surface area contributed by atoms with E-state index in [4.69, 9.17) is 0 Å². The predicted molar refractivity (Wildman–Crippen MR) is 42.7 cm³/mol. The minimum atomic E-state index is 0.615. The molecule has 3 nitrogen and oxygen atoms in total. The van der Waals surface area contributed by atoms with Crippen molar-refractivity contribution in [1.82, 2.24) is 0 Å². The first-order valence-electron chi connectivity index (χ1n) is 3.45. The maximum Gasteiger partial charge on any atom is 0.107 e. The van der Waals surface area contributed by atoms with Crippen LogP contribution in [0.5, 0.6) is 0 Å². The van der Waals surface area contributed by atoms with Gasteiger partial charge in [-0.15, -0.1) is 5.10 Å². The Labute approximate surface area is 64.5 Å². The van der Waals surface area contributed by atoms with Crippen molar-refractivity contribution in [2.75, 3.05) is 6.54 Å². The standard InChI is InChI=1S/C8H7N3/c1-2-4-7(5-3-1)8-6-9-11-10-8/h1-5H,6H2. The van der Waals surface area contributed by atoms with Gasteiger partial charge in [0.15, 0.2) is 0 Å². The summed E-state index contributed by atoms with van der Waals surface area (Å²) < 4.78 is 0. The van der Waals surface area contributed by atoms with Crippen molar-refractivity contribution in [2.45, 2.75) is 0 Å². The molecule has 0 atom stereocenters. The highest BCUT2D eigenvalue weighted by molar-refractivity contribution is 6.02. The summed E-state index contributed by atoms with van der Waals surface area (Å²) in [5, 5.41) is 11.2. The van der Waals surface area contributed by atoms with Crippen LogP contribution in [0.1, 0.15) is 5.56 Å². The van der Waals surface area contributed by atoms with Crippen LogP contribution in [0.15, 0.2) is 45.8 Å². The lowest BCUT2D eigenvalue weighted by Crippen LogP contribution is -2.00. The molecule has 0 unspecified atom stereocenters. The number of hydrogen-bond acceptors (Lipinski definition) is 3. The average molecular weight is 145 g/mol. The maximum absolute atomic E-state index is 3.88. The number of hydrogen-bond donors (Lipinski definition) is 0. The average Bonchev–Trinajstić information content (AvgIpc) is 2.58. The number of nitrogens with zero attached hydrogens (tertiary/aromatic N) is 3. The van der Waals surface area contributed by atoms with Crippen molar-refractivity contribution in [2.24, 2.45) is 15.4 Å². The third-order valence-electron chi connectivity index (χ3n) is 1.56. The van der Waals surface area contributed by atoms with Crippen molar-refractivity contribution in [3.63, 3.8) is 0 Å². The molecule has 0 radical (unpaired) electrons. The van der Waals surface area contributed by atoms with E-state index in [1.165, 1.54) is 0 Å². The molecule has 1 aliphatic rings. The summed E-state index contributed by atoms with van der Waals surface area (Å²) in [6.45, 7) is 0.615. The monoisotopic (exact) mass is 145 g/mol. The fourth-order valence-corrected chi connectivity index (χ4v) is 0.995. The number of benzene rings is 1. The smallest absolute Gasteiger partial charge is 0.107 e. The van der Waals surface area contributed by atoms with E-state index in [0.29, 0.717) is 6.54 Å². The van der Waals surface area contributed by atoms with Gasteiger partial charge in [0, 0.05) is 0 Å². The fourth-order valence-electron chi connectivity index (χ4n) is 0.995. The molecule has 1 aliphatic heterocycles. The molecule has 1 aromatic rings. The lowest BCUT2D eigenvalue weighted by molar-refractivity contribution is 1.06. The lowest BCUT2D eigenvalue weighted by Gasteiger charge is -1.94. The van der Waals surface area contributed by atoms with Gasteiger partial charge in [0.25, 0.3) is 0 Å². The molecule has 0 bridgehead atoms. The van der Waals surface area contributed by atoms with Crippen molar-refractivity contribution in [3.8, 4) is 0 Å². The molecular weight excluding hydrogens is 138 g/mol. The molecule has 11 heavy (non-hydrogen) atoms. The van der Waals surface area contributed by atoms with Crippen LogP contribution in [-0.4, -0.2) is 12.3 Å². The molecule has 0 fully saturated rings. The van der Waals surface area contributed by atoms with E-state index in [-0.39, 0.29) is 0 Å². The largest absolute Gasteiger partial charge is 0.162 e. The van der Waals surface area contributed by atoms with Crippen LogP contribution in [-0.2, 0) is 0 Å². The van der Waals surface area contributed by atoms with Gasteiger partial charge in [-0.3, -0.25) is 0 Å². The summed E-state index contributed by atoms with van der Waals surface area (Å²) in [4.78, 5) is 0. The van der Waals surface area contributed by atoms with Crippen LogP contribution in [0.25, 0.3) is 0 Å². The molecule has 0 aromatic heterocycles. The van der Waals surface area contributed by atoms with Gasteiger partial charge in [-0.1, -0.05) is 30.3 Å². The van der Waals surface area contributed by atoms with Crippen LogP contribution < -0.4 is 0 Å². The number of rotatable bonds is 1. The Balaban J connectivity index is 2.31. The van der Waals surface area contributed by atoms with E-state index < -0.39 is 0 Å². The second-order valence-corrected chi connectivity index (χ2v) is 2.30. The van der Waals surface area contributed by atoms with Gasteiger partial charge in [-0.25, -0.2) is 0 Å². The molecule has 3 heteroatoms. The fraction of sp³-hybridized carbons (Fsp3) is 0.125. The molecule has 0 aliphatic carbocycles. The van der Waals surface area contributed by atoms with Gasteiger partial charge in [0.2, 0.25) is 0 Å². The van der Waals surface area contributed by atoms with E-state index in [2.05, 4.69) is 15.4 Å². The zero-order chi connectivity index (χ0) is 7.52. The summed E-state index contributed by atoms with van der Waals surface area (Å²) in [6, 6.07) is 9.96. The third kappa shape index (κ3) is 1.17. The lowest BCUT2D eigenvalue weighted by atomic mass is 10.1. The Morgan fingerprint density at radius 3 is 2.55 bits per heavy atom. The zero-order valence-electron chi connectivity index (χ0n) is 5.94. The molecule has 0 amide bonds. The van der Waals surface area contributed by atoms with Gasteiger partial charge in [-0.2, -0.15) is 5.11 Å². The van der Waals surface area contributed by atoms with E-state index in [9.17, 15) is 0 Å². The molecule has 0 N–H and O–H groups in total. The Hall–Kier alpha value is -1.51. The van der Waals surface area contributed by atoms with E-state index in [0.717, 1.165) is 11.3 Å². The molecule has 0 saturated carbocycles. The van der Waals surface area contributed by atoms with Crippen LogP contribution >= 0.6 is 0 Å². The summed E-state index contributed by atoms with van der Waals surface area (Å²) in [7, 11) is 0. The topological polar surface area (TPSA) is 37.1 Å². The highest BCUT2D eigenvalue weighted by Crippen LogP contribution is 2.05. The molecule has 54 valence electrons. The van der Waals surface area contributed by atoms with Crippen molar-refractivity contribution in [1.29, 1.82) is 0 Å². The SMILES string of the molecule is c1ccc(C2=NN=NC2)cc1. The molecule has 0 spiro atoms. The summed E-state index contributed by atoms with van der Waals surface area (Å²) >= 11 is 0. The van der Waals surface area contributed by atoms with Crippen LogP contribution in [0.3, 0.4) is 0 Å². The van der Waals surface area contributed by atoms with Crippen LogP contribution in [0, 0.1) is 0 Å². The molecule has 1 heterocycles. The van der Waals surface area contributed by atoms with E-state index in [1.807, 2.05) is 30.3 Å². The van der Waals surface area contributed by atoms with Crippen molar-refractivity contribution >= 4 is 5.71 Å². The van der Waals surface area contributed by atoms with Crippen LogP contribution in [0.2, 0.25) is 0 Å². The normalized spacial score (nSPS) is 15.1.